The molecular formula is C50H38N4. The van der Waals surface area contributed by atoms with Crippen molar-refractivity contribution in [2.75, 3.05) is 0 Å². The maximum atomic E-state index is 6.74. The molecule has 9 aromatic rings. The van der Waals surface area contributed by atoms with Crippen LogP contribution < -0.4 is 5.73 Å². The van der Waals surface area contributed by atoms with Crippen molar-refractivity contribution < 1.29 is 0 Å². The molecule has 1 aromatic heterocycles. The lowest BCUT2D eigenvalue weighted by Gasteiger charge is -2.21. The van der Waals surface area contributed by atoms with Crippen LogP contribution in [0.1, 0.15) is 41.7 Å². The molecule has 0 unspecified atom stereocenters. The van der Waals surface area contributed by atoms with Crippen LogP contribution in [0.3, 0.4) is 0 Å². The Labute approximate surface area is 314 Å². The first-order valence-corrected chi connectivity index (χ1v) is 18.6. The van der Waals surface area contributed by atoms with Gasteiger partial charge in [0, 0.05) is 33.0 Å². The Morgan fingerprint density at radius 2 is 1.22 bits per heavy atom. The number of benzene rings is 8. The monoisotopic (exact) mass is 694 g/mol. The van der Waals surface area contributed by atoms with Crippen molar-refractivity contribution in [2.45, 2.75) is 25.8 Å². The second kappa shape index (κ2) is 12.4. The number of hydrogen-bond acceptors (Lipinski definition) is 1. The van der Waals surface area contributed by atoms with Crippen molar-refractivity contribution in [2.24, 2.45) is 15.7 Å². The molecule has 4 nitrogen and oxygen atoms in total. The van der Waals surface area contributed by atoms with Crippen LogP contribution in [-0.2, 0) is 12.0 Å². The molecular weight excluding hydrogens is 657 g/mol. The highest BCUT2D eigenvalue weighted by Crippen LogP contribution is 2.50. The Morgan fingerprint density at radius 1 is 0.537 bits per heavy atom. The van der Waals surface area contributed by atoms with Gasteiger partial charge in [0.15, 0.2) is 5.84 Å². The summed E-state index contributed by atoms with van der Waals surface area (Å²) in [6.07, 6.45) is 0. The largest absolute Gasteiger partial charge is 0.383 e. The summed E-state index contributed by atoms with van der Waals surface area (Å²) in [7, 11) is 0. The zero-order valence-corrected chi connectivity index (χ0v) is 30.3. The minimum absolute atomic E-state index is 0.0751. The van der Waals surface area contributed by atoms with Gasteiger partial charge in [0.05, 0.1) is 17.6 Å². The van der Waals surface area contributed by atoms with E-state index in [1.807, 2.05) is 36.4 Å². The van der Waals surface area contributed by atoms with E-state index in [4.69, 9.17) is 15.7 Å². The Bertz CT molecular complexity index is 2980. The Kier molecular flexibility index (Phi) is 7.34. The molecule has 1 aliphatic carbocycles. The molecule has 0 saturated heterocycles. The van der Waals surface area contributed by atoms with Crippen molar-refractivity contribution in [3.63, 3.8) is 0 Å². The SMILES string of the molecule is CC1(C)c2ccccc2-c2cc3c4ccccc4n(-c4ccc(CN=C(N=C(N)c5ccc6ccc7ccccc7c6c5)c5ccccc5)cc4)c3cc21. The highest BCUT2D eigenvalue weighted by Gasteiger charge is 2.36. The van der Waals surface area contributed by atoms with Gasteiger partial charge in [0.25, 0.3) is 0 Å². The lowest BCUT2D eigenvalue weighted by atomic mass is 9.82. The number of amidine groups is 2. The van der Waals surface area contributed by atoms with E-state index in [-0.39, 0.29) is 5.41 Å². The summed E-state index contributed by atoms with van der Waals surface area (Å²) in [5, 5.41) is 7.26. The number of nitrogens with zero attached hydrogens (tertiary/aromatic N) is 3. The lowest BCUT2D eigenvalue weighted by molar-refractivity contribution is 0.661. The van der Waals surface area contributed by atoms with Crippen molar-refractivity contribution in [1.29, 1.82) is 0 Å². The van der Waals surface area contributed by atoms with E-state index in [9.17, 15) is 0 Å². The van der Waals surface area contributed by atoms with Gasteiger partial charge in [-0.1, -0.05) is 147 Å². The molecule has 2 N–H and O–H groups in total. The lowest BCUT2D eigenvalue weighted by Crippen LogP contribution is -2.16. The summed E-state index contributed by atoms with van der Waals surface area (Å²) < 4.78 is 2.41. The van der Waals surface area contributed by atoms with Gasteiger partial charge in [-0.25, -0.2) is 4.99 Å². The van der Waals surface area contributed by atoms with Crippen LogP contribution in [0.2, 0.25) is 0 Å². The van der Waals surface area contributed by atoms with Crippen LogP contribution >= 0.6 is 0 Å². The van der Waals surface area contributed by atoms with Crippen molar-refractivity contribution in [3.05, 3.63) is 198 Å². The third-order valence-electron chi connectivity index (χ3n) is 11.3. The van der Waals surface area contributed by atoms with Gasteiger partial charge in [-0.05, 0) is 85.8 Å². The standard InChI is InChI=1S/C50H38N4/c1-50(2)44-18-10-8-16-39(44)42-29-43-40-17-9-11-19-46(40)54(47(43)30-45(42)50)37-26-20-32(21-27-37)31-52-49(35-13-4-3-5-14-35)53-48(51)36-25-24-34-23-22-33-12-6-7-15-38(33)41(34)28-36/h3-30H,31H2,1-2H3,(H2,51,52,53). The van der Waals surface area contributed by atoms with Crippen LogP contribution in [0, 0.1) is 0 Å². The highest BCUT2D eigenvalue weighted by atomic mass is 15.0. The van der Waals surface area contributed by atoms with Gasteiger partial charge in [-0.2, -0.15) is 0 Å². The van der Waals surface area contributed by atoms with Crippen molar-refractivity contribution in [1.82, 2.24) is 4.57 Å². The Balaban J connectivity index is 1.01. The van der Waals surface area contributed by atoms with E-state index in [1.54, 1.807) is 0 Å². The first kappa shape index (κ1) is 31.9. The number of para-hydroxylation sites is 1. The maximum absolute atomic E-state index is 6.74. The van der Waals surface area contributed by atoms with E-state index in [1.165, 1.54) is 60.2 Å². The third-order valence-corrected chi connectivity index (χ3v) is 11.3. The fraction of sp³-hybridized carbons (Fsp3) is 0.0800. The molecule has 1 heterocycles. The van der Waals surface area contributed by atoms with Crippen LogP contribution in [0.5, 0.6) is 0 Å². The minimum Gasteiger partial charge on any atom is -0.383 e. The summed E-state index contributed by atoms with van der Waals surface area (Å²) in [4.78, 5) is 9.99. The topological polar surface area (TPSA) is 55.7 Å². The number of aliphatic imine (C=N–C) groups is 2. The molecule has 0 spiro atoms. The van der Waals surface area contributed by atoms with Gasteiger partial charge in [-0.3, -0.25) is 4.99 Å². The van der Waals surface area contributed by atoms with Gasteiger partial charge >= 0.3 is 0 Å². The molecule has 0 atom stereocenters. The number of hydrogen-bond donors (Lipinski definition) is 1. The fourth-order valence-electron chi connectivity index (χ4n) is 8.48. The molecule has 0 saturated carbocycles. The molecule has 0 aliphatic heterocycles. The minimum atomic E-state index is -0.0751. The average molecular weight is 695 g/mol. The summed E-state index contributed by atoms with van der Waals surface area (Å²) in [5.41, 5.74) is 18.5. The molecule has 0 fully saturated rings. The number of rotatable bonds is 5. The Morgan fingerprint density at radius 3 is 2.06 bits per heavy atom. The van der Waals surface area contributed by atoms with Crippen LogP contribution in [-0.4, -0.2) is 16.2 Å². The number of fused-ring (bicyclic) bond motifs is 9. The second-order valence-electron chi connectivity index (χ2n) is 14.8. The maximum Gasteiger partial charge on any atom is 0.157 e. The van der Waals surface area contributed by atoms with Crippen LogP contribution in [0.4, 0.5) is 0 Å². The van der Waals surface area contributed by atoms with Gasteiger partial charge in [0.1, 0.15) is 5.84 Å². The summed E-state index contributed by atoms with van der Waals surface area (Å²) >= 11 is 0. The van der Waals surface area contributed by atoms with Crippen molar-refractivity contribution >= 4 is 55.0 Å². The third kappa shape index (κ3) is 5.14. The number of aromatic nitrogens is 1. The molecule has 0 bridgehead atoms. The molecule has 8 aromatic carbocycles. The number of nitrogens with two attached hydrogens (primary N) is 1. The average Bonchev–Trinajstić information content (AvgIpc) is 3.66. The molecule has 1 aliphatic rings. The Hall–Kier alpha value is -6.78. The molecule has 4 heteroatoms. The van der Waals surface area contributed by atoms with Crippen molar-refractivity contribution in [3.8, 4) is 16.8 Å². The predicted molar refractivity (Wildman–Crippen MR) is 227 cm³/mol. The fourth-order valence-corrected chi connectivity index (χ4v) is 8.48. The predicted octanol–water partition coefficient (Wildman–Crippen LogP) is 11.7. The van der Waals surface area contributed by atoms with Gasteiger partial charge in [0.2, 0.25) is 0 Å². The first-order chi connectivity index (χ1) is 26.4. The van der Waals surface area contributed by atoms with E-state index in [0.29, 0.717) is 18.2 Å². The molecule has 258 valence electrons. The quantitative estimate of drug-likeness (QED) is 0.109. The van der Waals surface area contributed by atoms with Crippen LogP contribution in [0.15, 0.2) is 180 Å². The summed E-state index contributed by atoms with van der Waals surface area (Å²) in [5.74, 6) is 1.04. The van der Waals surface area contributed by atoms with E-state index in [0.717, 1.165) is 27.8 Å². The van der Waals surface area contributed by atoms with E-state index in [2.05, 4.69) is 152 Å². The van der Waals surface area contributed by atoms with Gasteiger partial charge < -0.3 is 10.3 Å². The first-order valence-electron chi connectivity index (χ1n) is 18.6. The molecule has 0 amide bonds. The molecule has 0 radical (unpaired) electrons. The normalized spacial score (nSPS) is 13.9. The zero-order valence-electron chi connectivity index (χ0n) is 30.3. The van der Waals surface area contributed by atoms with Crippen LogP contribution in [0.25, 0.3) is 60.2 Å². The van der Waals surface area contributed by atoms with E-state index < -0.39 is 0 Å². The summed E-state index contributed by atoms with van der Waals surface area (Å²) in [6, 6.07) is 60.4. The highest BCUT2D eigenvalue weighted by molar-refractivity contribution is 6.15. The van der Waals surface area contributed by atoms with Gasteiger partial charge in [-0.15, -0.1) is 0 Å². The molecule has 10 rings (SSSR count). The molecule has 54 heavy (non-hydrogen) atoms. The zero-order chi connectivity index (χ0) is 36.4. The second-order valence-corrected chi connectivity index (χ2v) is 14.8. The van der Waals surface area contributed by atoms with E-state index >= 15 is 0 Å². The smallest absolute Gasteiger partial charge is 0.157 e. The summed E-state index contributed by atoms with van der Waals surface area (Å²) in [6.45, 7) is 5.16.